The van der Waals surface area contributed by atoms with E-state index in [1.165, 1.54) is 4.90 Å². The molecule has 1 unspecified atom stereocenters. The first-order valence-electron chi connectivity index (χ1n) is 10.3. The van der Waals surface area contributed by atoms with Crippen LogP contribution in [-0.4, -0.2) is 74.1 Å². The van der Waals surface area contributed by atoms with E-state index in [0.717, 1.165) is 11.3 Å². The lowest BCUT2D eigenvalue weighted by atomic mass is 9.97. The average Bonchev–Trinajstić information content (AvgIpc) is 2.77. The van der Waals surface area contributed by atoms with Crippen LogP contribution in [0.25, 0.3) is 0 Å². The Bertz CT molecular complexity index is 730. The predicted octanol–water partition coefficient (Wildman–Crippen LogP) is 1.86. The smallest absolute Gasteiger partial charge is 0.309 e. The molecule has 2 amide bonds. The molecule has 0 N–H and O–H groups in total. The molecule has 0 saturated carbocycles. The number of hydrogen-bond acceptors (Lipinski definition) is 6. The molecule has 0 spiro atoms. The van der Waals surface area contributed by atoms with Crippen molar-refractivity contribution in [2.75, 3.05) is 40.4 Å². The summed E-state index contributed by atoms with van der Waals surface area (Å²) in [5.74, 6) is -0.0115. The maximum atomic E-state index is 12.6. The molecule has 1 aliphatic heterocycles. The molecular formula is C22H32N2O6. The first-order valence-corrected chi connectivity index (χ1v) is 10.3. The largest absolute Gasteiger partial charge is 0.497 e. The highest BCUT2D eigenvalue weighted by Crippen LogP contribution is 2.19. The van der Waals surface area contributed by atoms with Crippen LogP contribution >= 0.6 is 0 Å². The van der Waals surface area contributed by atoms with Crippen molar-refractivity contribution in [2.24, 2.45) is 5.92 Å². The lowest BCUT2D eigenvalue weighted by Gasteiger charge is -2.32. The molecule has 8 nitrogen and oxygen atoms in total. The fraction of sp³-hybridized carbons (Fsp3) is 0.591. The highest BCUT2D eigenvalue weighted by Gasteiger charge is 2.29. The van der Waals surface area contributed by atoms with Crippen LogP contribution < -0.4 is 4.74 Å². The van der Waals surface area contributed by atoms with Crippen LogP contribution in [0, 0.1) is 5.92 Å². The summed E-state index contributed by atoms with van der Waals surface area (Å²) >= 11 is 0. The second-order valence-electron chi connectivity index (χ2n) is 7.41. The van der Waals surface area contributed by atoms with Crippen LogP contribution in [0.1, 0.15) is 32.3 Å². The van der Waals surface area contributed by atoms with Crippen LogP contribution in [0.2, 0.25) is 0 Å². The lowest BCUT2D eigenvalue weighted by molar-refractivity contribution is -0.152. The Hall–Kier alpha value is -2.61. The van der Waals surface area contributed by atoms with Gasteiger partial charge >= 0.3 is 5.97 Å². The van der Waals surface area contributed by atoms with Crippen LogP contribution in [0.5, 0.6) is 5.75 Å². The molecule has 2 rings (SSSR count). The number of piperidine rings is 1. The minimum atomic E-state index is -0.677. The molecule has 30 heavy (non-hydrogen) atoms. The third-order valence-corrected chi connectivity index (χ3v) is 5.20. The number of amides is 2. The van der Waals surface area contributed by atoms with E-state index in [0.29, 0.717) is 32.5 Å². The molecule has 0 aromatic heterocycles. The summed E-state index contributed by atoms with van der Waals surface area (Å²) in [5, 5.41) is 0. The normalized spacial score (nSPS) is 15.4. The molecule has 1 aromatic rings. The minimum Gasteiger partial charge on any atom is -0.497 e. The van der Waals surface area contributed by atoms with Crippen molar-refractivity contribution < 1.29 is 28.6 Å². The Morgan fingerprint density at radius 1 is 1.23 bits per heavy atom. The molecule has 1 aromatic carbocycles. The van der Waals surface area contributed by atoms with Gasteiger partial charge < -0.3 is 24.0 Å². The molecule has 0 radical (unpaired) electrons. The maximum absolute atomic E-state index is 12.6. The van der Waals surface area contributed by atoms with E-state index in [1.807, 2.05) is 24.3 Å². The van der Waals surface area contributed by atoms with Gasteiger partial charge in [0.15, 0.2) is 0 Å². The van der Waals surface area contributed by atoms with Crippen molar-refractivity contribution in [3.05, 3.63) is 29.8 Å². The van der Waals surface area contributed by atoms with Crippen LogP contribution in [0.15, 0.2) is 24.3 Å². The predicted molar refractivity (Wildman–Crippen MR) is 111 cm³/mol. The van der Waals surface area contributed by atoms with Gasteiger partial charge in [-0.3, -0.25) is 14.4 Å². The summed E-state index contributed by atoms with van der Waals surface area (Å²) < 4.78 is 15.9. The van der Waals surface area contributed by atoms with Gasteiger partial charge in [-0.2, -0.15) is 0 Å². The highest BCUT2D eigenvalue weighted by atomic mass is 16.5. The Labute approximate surface area is 178 Å². The zero-order chi connectivity index (χ0) is 22.1. The zero-order valence-corrected chi connectivity index (χ0v) is 18.3. The number of hydrogen-bond donors (Lipinski definition) is 0. The summed E-state index contributed by atoms with van der Waals surface area (Å²) in [6.45, 7) is 5.06. The van der Waals surface area contributed by atoms with Crippen LogP contribution in [-0.2, 0) is 30.5 Å². The number of likely N-dealkylation sites (tertiary alicyclic amines) is 1. The summed E-state index contributed by atoms with van der Waals surface area (Å²) in [7, 11) is 3.19. The first-order chi connectivity index (χ1) is 14.3. The zero-order valence-electron chi connectivity index (χ0n) is 18.3. The van der Waals surface area contributed by atoms with Gasteiger partial charge in [-0.15, -0.1) is 0 Å². The second kappa shape index (κ2) is 11.5. The van der Waals surface area contributed by atoms with Crippen molar-refractivity contribution in [2.45, 2.75) is 39.4 Å². The van der Waals surface area contributed by atoms with Crippen LogP contribution in [0.3, 0.4) is 0 Å². The number of rotatable bonds is 9. The third-order valence-electron chi connectivity index (χ3n) is 5.20. The van der Waals surface area contributed by atoms with Gasteiger partial charge in [0.2, 0.25) is 5.91 Å². The summed E-state index contributed by atoms with van der Waals surface area (Å²) in [6, 6.07) is 7.45. The van der Waals surface area contributed by atoms with E-state index >= 15 is 0 Å². The van der Waals surface area contributed by atoms with Crippen molar-refractivity contribution in [1.29, 1.82) is 0 Å². The Kier molecular flexibility index (Phi) is 9.11. The van der Waals surface area contributed by atoms with E-state index in [2.05, 4.69) is 0 Å². The van der Waals surface area contributed by atoms with Gasteiger partial charge in [0.05, 0.1) is 32.8 Å². The summed E-state index contributed by atoms with van der Waals surface area (Å²) in [6.07, 6.45) is 0.494. The molecule has 8 heteroatoms. The monoisotopic (exact) mass is 420 g/mol. The fourth-order valence-electron chi connectivity index (χ4n) is 3.37. The number of methoxy groups -OCH3 is 1. The maximum Gasteiger partial charge on any atom is 0.309 e. The quantitative estimate of drug-likeness (QED) is 0.567. The van der Waals surface area contributed by atoms with Crippen molar-refractivity contribution >= 4 is 17.8 Å². The molecule has 0 aliphatic carbocycles. The standard InChI is InChI=1S/C22H32N2O6/c1-5-29-22(27)18-9-11-24(12-10-18)20(25)14-23(3)21(26)16(2)30-15-17-7-6-8-19(13-17)28-4/h6-8,13,16,18H,5,9-12,14-15H2,1-4H3. The number of nitrogens with zero attached hydrogens (tertiary/aromatic N) is 2. The van der Waals surface area contributed by atoms with E-state index < -0.39 is 6.10 Å². The van der Waals surface area contributed by atoms with Gasteiger partial charge in [0.25, 0.3) is 5.91 Å². The number of likely N-dealkylation sites (N-methyl/N-ethyl adjacent to an activating group) is 1. The third kappa shape index (κ3) is 6.73. The number of carbonyl (C=O) groups is 3. The average molecular weight is 421 g/mol. The van der Waals surface area contributed by atoms with E-state index in [-0.39, 0.29) is 36.9 Å². The topological polar surface area (TPSA) is 85.4 Å². The van der Waals surface area contributed by atoms with Crippen LogP contribution in [0.4, 0.5) is 0 Å². The van der Waals surface area contributed by atoms with Gasteiger partial charge in [-0.05, 0) is 44.4 Å². The van der Waals surface area contributed by atoms with E-state index in [9.17, 15) is 14.4 Å². The molecule has 166 valence electrons. The highest BCUT2D eigenvalue weighted by molar-refractivity contribution is 5.86. The number of benzene rings is 1. The summed E-state index contributed by atoms with van der Waals surface area (Å²) in [4.78, 5) is 40.0. The van der Waals surface area contributed by atoms with Gasteiger partial charge in [-0.25, -0.2) is 0 Å². The Morgan fingerprint density at radius 3 is 2.57 bits per heavy atom. The van der Waals surface area contributed by atoms with E-state index in [1.54, 1.807) is 32.9 Å². The molecule has 1 fully saturated rings. The second-order valence-corrected chi connectivity index (χ2v) is 7.41. The molecular weight excluding hydrogens is 388 g/mol. The summed E-state index contributed by atoms with van der Waals surface area (Å²) in [5.41, 5.74) is 0.900. The number of ether oxygens (including phenoxy) is 3. The van der Waals surface area contributed by atoms with Crippen molar-refractivity contribution in [3.63, 3.8) is 0 Å². The molecule has 1 aliphatic rings. The number of esters is 1. The molecule has 1 saturated heterocycles. The minimum absolute atomic E-state index is 0.0181. The van der Waals surface area contributed by atoms with Gasteiger partial charge in [-0.1, -0.05) is 12.1 Å². The lowest BCUT2D eigenvalue weighted by Crippen LogP contribution is -2.47. The van der Waals surface area contributed by atoms with Gasteiger partial charge in [0, 0.05) is 20.1 Å². The molecule has 1 heterocycles. The Morgan fingerprint density at radius 2 is 1.93 bits per heavy atom. The first kappa shape index (κ1) is 23.7. The SMILES string of the molecule is CCOC(=O)C1CCN(C(=O)CN(C)C(=O)C(C)OCc2cccc(OC)c2)CC1. The van der Waals surface area contributed by atoms with Crippen molar-refractivity contribution in [1.82, 2.24) is 9.80 Å². The molecule has 1 atom stereocenters. The van der Waals surface area contributed by atoms with Crippen molar-refractivity contribution in [3.8, 4) is 5.75 Å². The van der Waals surface area contributed by atoms with Gasteiger partial charge in [0.1, 0.15) is 11.9 Å². The molecule has 0 bridgehead atoms. The number of carbonyl (C=O) groups excluding carboxylic acids is 3. The Balaban J connectivity index is 1.77. The van der Waals surface area contributed by atoms with E-state index in [4.69, 9.17) is 14.2 Å². The fourth-order valence-corrected chi connectivity index (χ4v) is 3.37.